The molecule has 0 radical (unpaired) electrons. The lowest BCUT2D eigenvalue weighted by molar-refractivity contribution is 0.00419. The number of rotatable bonds is 6. The second-order valence-corrected chi connectivity index (χ2v) is 7.21. The van der Waals surface area contributed by atoms with Gasteiger partial charge in [-0.15, -0.1) is 0 Å². The quantitative estimate of drug-likeness (QED) is 0.654. The minimum Gasteiger partial charge on any atom is -0.457 e. The van der Waals surface area contributed by atoms with Gasteiger partial charge in [0.15, 0.2) is 6.10 Å². The SMILES string of the molecule is CCNC(=O)OC1COC2C(NC(=O)Nc3ccc(Oc4ccccc4)cc3)COC12. The Balaban J connectivity index is 1.26. The Morgan fingerprint density at radius 3 is 2.42 bits per heavy atom. The van der Waals surface area contributed by atoms with Crippen LogP contribution >= 0.6 is 0 Å². The molecule has 2 saturated heterocycles. The number of benzene rings is 2. The van der Waals surface area contributed by atoms with Crippen LogP contribution in [-0.4, -0.2) is 56.2 Å². The largest absolute Gasteiger partial charge is 0.457 e. The van der Waals surface area contributed by atoms with Crippen molar-refractivity contribution in [2.24, 2.45) is 0 Å². The third-order valence-corrected chi connectivity index (χ3v) is 5.00. The van der Waals surface area contributed by atoms with E-state index in [0.717, 1.165) is 5.75 Å². The summed E-state index contributed by atoms with van der Waals surface area (Å²) >= 11 is 0. The predicted octanol–water partition coefficient (Wildman–Crippen LogP) is 2.88. The summed E-state index contributed by atoms with van der Waals surface area (Å²) in [6, 6.07) is 15.8. The molecule has 3 amide bonds. The van der Waals surface area contributed by atoms with E-state index in [9.17, 15) is 9.59 Å². The van der Waals surface area contributed by atoms with Gasteiger partial charge in [0.25, 0.3) is 0 Å². The first-order valence-corrected chi connectivity index (χ1v) is 10.2. The van der Waals surface area contributed by atoms with E-state index in [2.05, 4.69) is 16.0 Å². The van der Waals surface area contributed by atoms with E-state index in [1.807, 2.05) is 37.3 Å². The maximum Gasteiger partial charge on any atom is 0.407 e. The first-order valence-electron chi connectivity index (χ1n) is 10.2. The smallest absolute Gasteiger partial charge is 0.407 e. The van der Waals surface area contributed by atoms with E-state index in [1.54, 1.807) is 24.3 Å². The number of ether oxygens (including phenoxy) is 4. The first-order chi connectivity index (χ1) is 15.1. The Kier molecular flexibility index (Phi) is 6.54. The molecule has 164 valence electrons. The van der Waals surface area contributed by atoms with E-state index in [-0.39, 0.29) is 31.4 Å². The van der Waals surface area contributed by atoms with E-state index in [4.69, 9.17) is 18.9 Å². The van der Waals surface area contributed by atoms with Gasteiger partial charge >= 0.3 is 12.1 Å². The fourth-order valence-corrected chi connectivity index (χ4v) is 3.58. The van der Waals surface area contributed by atoms with Crippen LogP contribution in [0.2, 0.25) is 0 Å². The molecule has 0 aliphatic carbocycles. The third-order valence-electron chi connectivity index (χ3n) is 5.00. The molecule has 3 N–H and O–H groups in total. The van der Waals surface area contributed by atoms with Gasteiger partial charge in [0.05, 0.1) is 19.3 Å². The third kappa shape index (κ3) is 5.25. The number of alkyl carbamates (subject to hydrolysis) is 1. The number of fused-ring (bicyclic) bond motifs is 1. The number of carbonyl (C=O) groups is 2. The van der Waals surface area contributed by atoms with Crippen molar-refractivity contribution < 1.29 is 28.5 Å². The number of hydrogen-bond donors (Lipinski definition) is 3. The van der Waals surface area contributed by atoms with Crippen molar-refractivity contribution in [3.8, 4) is 11.5 Å². The highest BCUT2D eigenvalue weighted by atomic mass is 16.6. The minimum absolute atomic E-state index is 0.231. The highest BCUT2D eigenvalue weighted by Crippen LogP contribution is 2.29. The summed E-state index contributed by atoms with van der Waals surface area (Å²) in [5.41, 5.74) is 0.623. The lowest BCUT2D eigenvalue weighted by Crippen LogP contribution is -2.46. The van der Waals surface area contributed by atoms with E-state index in [0.29, 0.717) is 18.0 Å². The minimum atomic E-state index is -0.505. The molecule has 0 bridgehead atoms. The van der Waals surface area contributed by atoms with Gasteiger partial charge in [-0.1, -0.05) is 18.2 Å². The average Bonchev–Trinajstić information content (AvgIpc) is 3.34. The summed E-state index contributed by atoms with van der Waals surface area (Å²) in [5.74, 6) is 1.41. The number of para-hydroxylation sites is 1. The van der Waals surface area contributed by atoms with Gasteiger partial charge in [0, 0.05) is 12.2 Å². The first kappa shape index (κ1) is 21.0. The zero-order valence-corrected chi connectivity index (χ0v) is 17.1. The van der Waals surface area contributed by atoms with Crippen LogP contribution in [0.15, 0.2) is 54.6 Å². The lowest BCUT2D eigenvalue weighted by atomic mass is 10.1. The number of nitrogens with one attached hydrogen (secondary N) is 3. The summed E-state index contributed by atoms with van der Waals surface area (Å²) in [5, 5.41) is 8.23. The molecular weight excluding hydrogens is 402 g/mol. The standard InChI is InChI=1S/C22H25N3O6/c1-2-23-22(27)31-18-13-29-19-17(12-28-20(18)19)25-21(26)24-14-8-10-16(11-9-14)30-15-6-4-3-5-7-15/h3-11,17-20H,2,12-13H2,1H3,(H,23,27)(H2,24,25,26). The molecule has 4 rings (SSSR count). The molecule has 2 aliphatic rings. The van der Waals surface area contributed by atoms with Crippen LogP contribution in [0.25, 0.3) is 0 Å². The van der Waals surface area contributed by atoms with Crippen LogP contribution in [0.5, 0.6) is 11.5 Å². The summed E-state index contributed by atoms with van der Waals surface area (Å²) < 4.78 is 22.5. The second kappa shape index (κ2) is 9.67. The van der Waals surface area contributed by atoms with E-state index in [1.165, 1.54) is 0 Å². The van der Waals surface area contributed by atoms with Crippen LogP contribution < -0.4 is 20.7 Å². The van der Waals surface area contributed by atoms with Crippen molar-refractivity contribution in [3.63, 3.8) is 0 Å². The van der Waals surface area contributed by atoms with Crippen molar-refractivity contribution >= 4 is 17.8 Å². The molecule has 2 aromatic rings. The number of carbonyl (C=O) groups excluding carboxylic acids is 2. The molecule has 2 fully saturated rings. The Morgan fingerprint density at radius 2 is 1.68 bits per heavy atom. The average molecular weight is 427 g/mol. The molecule has 9 heteroatoms. The maximum atomic E-state index is 12.4. The fraction of sp³-hybridized carbons (Fsp3) is 0.364. The van der Waals surface area contributed by atoms with Crippen molar-refractivity contribution in [1.29, 1.82) is 0 Å². The molecular formula is C22H25N3O6. The molecule has 2 aliphatic heterocycles. The summed E-state index contributed by atoms with van der Waals surface area (Å²) in [6.07, 6.45) is -1.77. The number of amides is 3. The van der Waals surface area contributed by atoms with Gasteiger partial charge in [-0.25, -0.2) is 9.59 Å². The van der Waals surface area contributed by atoms with Crippen molar-refractivity contribution in [1.82, 2.24) is 10.6 Å². The topological polar surface area (TPSA) is 107 Å². The molecule has 9 nitrogen and oxygen atoms in total. The summed E-state index contributed by atoms with van der Waals surface area (Å²) in [7, 11) is 0. The van der Waals surface area contributed by atoms with Crippen molar-refractivity contribution in [2.45, 2.75) is 31.3 Å². The highest BCUT2D eigenvalue weighted by molar-refractivity contribution is 5.89. The van der Waals surface area contributed by atoms with E-state index < -0.39 is 18.3 Å². The predicted molar refractivity (Wildman–Crippen MR) is 112 cm³/mol. The number of hydrogen-bond acceptors (Lipinski definition) is 6. The van der Waals surface area contributed by atoms with Crippen LogP contribution in [-0.2, 0) is 14.2 Å². The van der Waals surface area contributed by atoms with Gasteiger partial charge in [-0.05, 0) is 43.3 Å². The van der Waals surface area contributed by atoms with Crippen LogP contribution in [0.1, 0.15) is 6.92 Å². The molecule has 0 spiro atoms. The van der Waals surface area contributed by atoms with Crippen LogP contribution in [0.4, 0.5) is 15.3 Å². The van der Waals surface area contributed by atoms with Gasteiger partial charge in [-0.2, -0.15) is 0 Å². The van der Waals surface area contributed by atoms with Gasteiger partial charge in [-0.3, -0.25) is 0 Å². The molecule has 4 unspecified atom stereocenters. The van der Waals surface area contributed by atoms with Gasteiger partial charge in [0.2, 0.25) is 0 Å². The Bertz CT molecular complexity index is 892. The number of urea groups is 1. The zero-order chi connectivity index (χ0) is 21.6. The Hall–Kier alpha value is -3.30. The molecule has 2 aromatic carbocycles. The summed E-state index contributed by atoms with van der Waals surface area (Å²) in [4.78, 5) is 24.1. The Morgan fingerprint density at radius 1 is 0.968 bits per heavy atom. The summed E-state index contributed by atoms with van der Waals surface area (Å²) in [6.45, 7) is 2.80. The zero-order valence-electron chi connectivity index (χ0n) is 17.1. The molecule has 2 heterocycles. The molecule has 0 saturated carbocycles. The van der Waals surface area contributed by atoms with Crippen LogP contribution in [0, 0.1) is 0 Å². The van der Waals surface area contributed by atoms with Gasteiger partial charge < -0.3 is 34.9 Å². The Labute approximate surface area is 180 Å². The molecule has 31 heavy (non-hydrogen) atoms. The van der Waals surface area contributed by atoms with Crippen molar-refractivity contribution in [3.05, 3.63) is 54.6 Å². The number of anilines is 1. The molecule has 4 atom stereocenters. The monoisotopic (exact) mass is 427 g/mol. The van der Waals surface area contributed by atoms with Crippen molar-refractivity contribution in [2.75, 3.05) is 25.1 Å². The second-order valence-electron chi connectivity index (χ2n) is 7.21. The fourth-order valence-electron chi connectivity index (χ4n) is 3.58. The van der Waals surface area contributed by atoms with E-state index >= 15 is 0 Å². The lowest BCUT2D eigenvalue weighted by Gasteiger charge is -2.18. The maximum absolute atomic E-state index is 12.4. The normalized spacial score (nSPS) is 24.2. The molecule has 0 aromatic heterocycles. The van der Waals surface area contributed by atoms with Crippen LogP contribution in [0.3, 0.4) is 0 Å². The van der Waals surface area contributed by atoms with Gasteiger partial charge in [0.1, 0.15) is 23.7 Å². The highest BCUT2D eigenvalue weighted by Gasteiger charge is 2.50.